The van der Waals surface area contributed by atoms with E-state index in [0.717, 1.165) is 16.9 Å². The van der Waals surface area contributed by atoms with Crippen LogP contribution in [0.5, 0.6) is 0 Å². The fraction of sp³-hybridized carbons (Fsp3) is 0.111. The van der Waals surface area contributed by atoms with Gasteiger partial charge in [-0.3, -0.25) is 4.98 Å². The molecule has 0 aromatic carbocycles. The Morgan fingerprint density at radius 2 is 2.45 bits per heavy atom. The Hall–Kier alpha value is -1.53. The van der Waals surface area contributed by atoms with Crippen LogP contribution in [0, 0.1) is 6.92 Å². The Labute approximate surface area is 65.3 Å². The molecule has 0 spiro atoms. The molecular weight excluding hydrogens is 136 g/mol. The molecule has 2 nitrogen and oxygen atoms in total. The predicted molar refractivity (Wildman–Crippen MR) is 45.1 cm³/mol. The Morgan fingerprint density at radius 1 is 1.55 bits per heavy atom. The minimum atomic E-state index is 1.03. The quantitative estimate of drug-likeness (QED) is 0.563. The van der Waals surface area contributed by atoms with Gasteiger partial charge in [0, 0.05) is 29.3 Å². The number of pyridine rings is 1. The fourth-order valence-electron chi connectivity index (χ4n) is 1.06. The highest BCUT2D eigenvalue weighted by molar-refractivity contribution is 5.69. The molecule has 1 aliphatic heterocycles. The van der Waals surface area contributed by atoms with E-state index in [4.69, 9.17) is 0 Å². The van der Waals surface area contributed by atoms with Crippen LogP contribution in [-0.2, 0) is 0 Å². The first-order valence-corrected chi connectivity index (χ1v) is 3.50. The maximum absolute atomic E-state index is 4.17. The summed E-state index contributed by atoms with van der Waals surface area (Å²) in [6.07, 6.45) is 5.55. The molecule has 54 valence electrons. The van der Waals surface area contributed by atoms with Crippen molar-refractivity contribution in [3.63, 3.8) is 0 Å². The highest BCUT2D eigenvalue weighted by Gasteiger charge is 2.00. The van der Waals surface area contributed by atoms with Crippen molar-refractivity contribution in [1.82, 2.24) is 4.98 Å². The molecule has 2 rings (SSSR count). The van der Waals surface area contributed by atoms with Crippen molar-refractivity contribution in [2.75, 3.05) is 5.32 Å². The van der Waals surface area contributed by atoms with Crippen LogP contribution in [0.4, 0.5) is 5.69 Å². The highest BCUT2D eigenvalue weighted by atomic mass is 14.9. The van der Waals surface area contributed by atoms with Crippen molar-refractivity contribution in [2.45, 2.75) is 6.92 Å². The Kier molecular flexibility index (Phi) is 1.27. The number of fused-ring (bicyclic) bond motifs is 1. The molecule has 0 atom stereocenters. The van der Waals surface area contributed by atoms with Gasteiger partial charge in [0.15, 0.2) is 0 Å². The topological polar surface area (TPSA) is 24.9 Å². The van der Waals surface area contributed by atoms with E-state index in [1.165, 1.54) is 0 Å². The van der Waals surface area contributed by atoms with Gasteiger partial charge in [0.25, 0.3) is 0 Å². The molecule has 0 amide bonds. The Morgan fingerprint density at radius 3 is 3.36 bits per heavy atom. The van der Waals surface area contributed by atoms with E-state index >= 15 is 0 Å². The number of rotatable bonds is 0. The summed E-state index contributed by atoms with van der Waals surface area (Å²) < 4.78 is 0. The van der Waals surface area contributed by atoms with E-state index in [-0.39, 0.29) is 0 Å². The number of nitrogens with one attached hydrogen (secondary N) is 1. The molecule has 1 aliphatic rings. The van der Waals surface area contributed by atoms with E-state index in [1.54, 1.807) is 6.20 Å². The molecular formula is C9H8N2. The number of hydrogen-bond acceptors (Lipinski definition) is 2. The molecule has 2 heteroatoms. The van der Waals surface area contributed by atoms with E-state index < -0.39 is 0 Å². The zero-order valence-corrected chi connectivity index (χ0v) is 6.26. The zero-order valence-electron chi connectivity index (χ0n) is 6.26. The van der Waals surface area contributed by atoms with Crippen LogP contribution >= 0.6 is 0 Å². The predicted octanol–water partition coefficient (Wildman–Crippen LogP) is 1.94. The molecule has 0 fully saturated rings. The van der Waals surface area contributed by atoms with Gasteiger partial charge in [-0.1, -0.05) is 0 Å². The summed E-state index contributed by atoms with van der Waals surface area (Å²) in [7, 11) is 0. The molecule has 2 heterocycles. The fourth-order valence-corrected chi connectivity index (χ4v) is 1.06. The van der Waals surface area contributed by atoms with E-state index in [2.05, 4.69) is 16.0 Å². The summed E-state index contributed by atoms with van der Waals surface area (Å²) >= 11 is 0. The van der Waals surface area contributed by atoms with Crippen LogP contribution in [-0.4, -0.2) is 4.98 Å². The minimum absolute atomic E-state index is 1.03. The lowest BCUT2D eigenvalue weighted by Gasteiger charge is -2.07. The second kappa shape index (κ2) is 2.26. The summed E-state index contributed by atoms with van der Waals surface area (Å²) in [6.45, 7) is 1.98. The SMILES string of the molecule is Cc1cc2c(cn1)C=C=CN2. The van der Waals surface area contributed by atoms with Gasteiger partial charge in [0.1, 0.15) is 0 Å². The van der Waals surface area contributed by atoms with E-state index in [1.807, 2.05) is 25.3 Å². The van der Waals surface area contributed by atoms with Crippen LogP contribution in [0.2, 0.25) is 0 Å². The van der Waals surface area contributed by atoms with Gasteiger partial charge in [-0.05, 0) is 19.1 Å². The van der Waals surface area contributed by atoms with Crippen LogP contribution in [0.1, 0.15) is 11.3 Å². The third kappa shape index (κ3) is 1.04. The number of aromatic nitrogens is 1. The van der Waals surface area contributed by atoms with Crippen molar-refractivity contribution in [3.8, 4) is 0 Å². The standard InChI is InChI=1S/C9H8N2/c1-7-5-9-8(6-11-7)3-2-4-10-9/h3-6,10H,1H3. The number of hydrogen-bond donors (Lipinski definition) is 1. The molecule has 1 aromatic rings. The lowest BCUT2D eigenvalue weighted by atomic mass is 10.2. The number of anilines is 1. The third-order valence-electron chi connectivity index (χ3n) is 1.62. The second-order valence-corrected chi connectivity index (χ2v) is 2.51. The van der Waals surface area contributed by atoms with E-state index in [9.17, 15) is 0 Å². The van der Waals surface area contributed by atoms with Crippen molar-refractivity contribution >= 4 is 11.8 Å². The molecule has 0 bridgehead atoms. The number of nitrogens with zero attached hydrogens (tertiary/aromatic N) is 1. The zero-order chi connectivity index (χ0) is 7.68. The van der Waals surface area contributed by atoms with Crippen molar-refractivity contribution in [3.05, 3.63) is 35.5 Å². The summed E-state index contributed by atoms with van der Waals surface area (Å²) in [5.74, 6) is 0. The van der Waals surface area contributed by atoms with Gasteiger partial charge >= 0.3 is 0 Å². The van der Waals surface area contributed by atoms with Crippen molar-refractivity contribution in [1.29, 1.82) is 0 Å². The molecule has 0 saturated heterocycles. The van der Waals surface area contributed by atoms with Crippen LogP contribution in [0.25, 0.3) is 6.08 Å². The normalized spacial score (nSPS) is 12.5. The highest BCUT2D eigenvalue weighted by Crippen LogP contribution is 2.18. The summed E-state index contributed by atoms with van der Waals surface area (Å²) in [5.41, 5.74) is 6.19. The first-order valence-electron chi connectivity index (χ1n) is 3.50. The summed E-state index contributed by atoms with van der Waals surface area (Å²) in [6, 6.07) is 2.02. The Bertz CT molecular complexity index is 347. The lowest BCUT2D eigenvalue weighted by Crippen LogP contribution is -1.95. The third-order valence-corrected chi connectivity index (χ3v) is 1.62. The van der Waals surface area contributed by atoms with Crippen molar-refractivity contribution in [2.24, 2.45) is 0 Å². The van der Waals surface area contributed by atoms with Gasteiger partial charge in [-0.25, -0.2) is 0 Å². The molecule has 0 unspecified atom stereocenters. The molecule has 0 saturated carbocycles. The average molecular weight is 144 g/mol. The first-order chi connectivity index (χ1) is 5.36. The van der Waals surface area contributed by atoms with Gasteiger partial charge in [0.05, 0.1) is 0 Å². The first kappa shape index (κ1) is 6.20. The van der Waals surface area contributed by atoms with Gasteiger partial charge < -0.3 is 5.32 Å². The molecule has 0 radical (unpaired) electrons. The monoisotopic (exact) mass is 144 g/mol. The smallest absolute Gasteiger partial charge is 0.0498 e. The lowest BCUT2D eigenvalue weighted by molar-refractivity contribution is 1.19. The largest absolute Gasteiger partial charge is 0.355 e. The molecule has 1 aromatic heterocycles. The molecule has 0 aliphatic carbocycles. The number of aryl methyl sites for hydroxylation is 1. The van der Waals surface area contributed by atoms with Gasteiger partial charge in [-0.15, -0.1) is 5.73 Å². The average Bonchev–Trinajstić information content (AvgIpc) is 2.04. The summed E-state index contributed by atoms with van der Waals surface area (Å²) in [4.78, 5) is 4.17. The minimum Gasteiger partial charge on any atom is -0.355 e. The second-order valence-electron chi connectivity index (χ2n) is 2.51. The van der Waals surface area contributed by atoms with Gasteiger partial charge in [-0.2, -0.15) is 0 Å². The van der Waals surface area contributed by atoms with Gasteiger partial charge in [0.2, 0.25) is 0 Å². The van der Waals surface area contributed by atoms with Crippen LogP contribution < -0.4 is 5.32 Å². The van der Waals surface area contributed by atoms with Crippen LogP contribution in [0.15, 0.2) is 24.2 Å². The van der Waals surface area contributed by atoms with Crippen molar-refractivity contribution < 1.29 is 0 Å². The molecule has 11 heavy (non-hydrogen) atoms. The van der Waals surface area contributed by atoms with Crippen LogP contribution in [0.3, 0.4) is 0 Å². The summed E-state index contributed by atoms with van der Waals surface area (Å²) in [5, 5.41) is 3.10. The maximum Gasteiger partial charge on any atom is 0.0498 e. The Balaban J connectivity index is 2.60. The molecule has 1 N–H and O–H groups in total. The van der Waals surface area contributed by atoms with E-state index in [0.29, 0.717) is 0 Å². The maximum atomic E-state index is 4.17.